The van der Waals surface area contributed by atoms with Gasteiger partial charge in [0.15, 0.2) is 11.5 Å². The molecule has 1 N–H and O–H groups in total. The standard InChI is InChI=1S/C12H15ClN2O4/c1-12(7-13)18-9-5-4-8(6-10(9)19-12)14-11(16)15(2)17-3/h4-6H,7H2,1-3H3,(H,14,16). The predicted octanol–water partition coefficient (Wildman–Crippen LogP) is 2.44. The number of rotatable bonds is 3. The van der Waals surface area contributed by atoms with Crippen LogP contribution in [0, 0.1) is 0 Å². The summed E-state index contributed by atoms with van der Waals surface area (Å²) in [4.78, 5) is 16.4. The van der Waals surface area contributed by atoms with E-state index in [1.165, 1.54) is 14.2 Å². The van der Waals surface area contributed by atoms with E-state index in [0.29, 0.717) is 17.2 Å². The number of nitrogens with one attached hydrogen (secondary N) is 1. The van der Waals surface area contributed by atoms with Gasteiger partial charge in [-0.3, -0.25) is 4.84 Å². The molecule has 2 rings (SSSR count). The lowest BCUT2D eigenvalue weighted by atomic mass is 10.3. The summed E-state index contributed by atoms with van der Waals surface area (Å²) in [7, 11) is 2.91. The molecule has 104 valence electrons. The van der Waals surface area contributed by atoms with E-state index in [4.69, 9.17) is 25.9 Å². The third-order valence-corrected chi connectivity index (χ3v) is 3.13. The highest BCUT2D eigenvalue weighted by Crippen LogP contribution is 2.41. The fourth-order valence-corrected chi connectivity index (χ4v) is 1.68. The average molecular weight is 287 g/mol. The summed E-state index contributed by atoms with van der Waals surface area (Å²) in [5.41, 5.74) is 0.579. The number of carbonyl (C=O) groups is 1. The maximum atomic E-state index is 11.6. The molecule has 0 bridgehead atoms. The lowest BCUT2D eigenvalue weighted by Crippen LogP contribution is -2.36. The number of ether oxygens (including phenoxy) is 2. The molecule has 1 aliphatic rings. The Balaban J connectivity index is 2.12. The highest BCUT2D eigenvalue weighted by Gasteiger charge is 2.36. The summed E-state index contributed by atoms with van der Waals surface area (Å²) in [6, 6.07) is 4.72. The van der Waals surface area contributed by atoms with Crippen LogP contribution in [0.25, 0.3) is 0 Å². The van der Waals surface area contributed by atoms with Crippen LogP contribution in [0.2, 0.25) is 0 Å². The van der Waals surface area contributed by atoms with E-state index in [1.54, 1.807) is 25.1 Å². The Morgan fingerprint density at radius 2 is 2.16 bits per heavy atom. The van der Waals surface area contributed by atoms with E-state index in [-0.39, 0.29) is 11.9 Å². The summed E-state index contributed by atoms with van der Waals surface area (Å²) < 4.78 is 11.2. The van der Waals surface area contributed by atoms with Gasteiger partial charge in [-0.25, -0.2) is 9.86 Å². The molecule has 7 heteroatoms. The van der Waals surface area contributed by atoms with Gasteiger partial charge in [0.1, 0.15) is 0 Å². The van der Waals surface area contributed by atoms with Crippen LogP contribution in [0.4, 0.5) is 10.5 Å². The Bertz CT molecular complexity index is 497. The molecule has 1 atom stereocenters. The molecule has 0 radical (unpaired) electrons. The van der Waals surface area contributed by atoms with E-state index < -0.39 is 5.79 Å². The lowest BCUT2D eigenvalue weighted by molar-refractivity contribution is -0.0598. The minimum atomic E-state index is -0.865. The molecule has 1 heterocycles. The van der Waals surface area contributed by atoms with Crippen molar-refractivity contribution in [1.82, 2.24) is 5.06 Å². The molecule has 6 nitrogen and oxygen atoms in total. The molecule has 0 saturated heterocycles. The number of hydrogen-bond donors (Lipinski definition) is 1. The Hall–Kier alpha value is -1.66. The summed E-state index contributed by atoms with van der Waals surface area (Å²) >= 11 is 5.78. The van der Waals surface area contributed by atoms with E-state index >= 15 is 0 Å². The van der Waals surface area contributed by atoms with Crippen LogP contribution in [-0.2, 0) is 4.84 Å². The van der Waals surface area contributed by atoms with Gasteiger partial charge in [-0.2, -0.15) is 0 Å². The first-order valence-electron chi connectivity index (χ1n) is 5.64. The van der Waals surface area contributed by atoms with Crippen LogP contribution in [0.1, 0.15) is 6.92 Å². The van der Waals surface area contributed by atoms with Gasteiger partial charge in [0.25, 0.3) is 5.79 Å². The zero-order valence-corrected chi connectivity index (χ0v) is 11.7. The minimum absolute atomic E-state index is 0.204. The maximum Gasteiger partial charge on any atom is 0.345 e. The largest absolute Gasteiger partial charge is 0.447 e. The monoisotopic (exact) mass is 286 g/mol. The number of urea groups is 1. The lowest BCUT2D eigenvalue weighted by Gasteiger charge is -2.19. The van der Waals surface area contributed by atoms with Gasteiger partial charge in [-0.05, 0) is 12.1 Å². The van der Waals surface area contributed by atoms with Gasteiger partial charge >= 0.3 is 6.03 Å². The fourth-order valence-electron chi connectivity index (χ4n) is 1.58. The van der Waals surface area contributed by atoms with Crippen LogP contribution < -0.4 is 14.8 Å². The number of carbonyl (C=O) groups excluding carboxylic acids is 1. The SMILES string of the molecule is CON(C)C(=O)Nc1ccc2c(c1)OC(C)(CCl)O2. The Morgan fingerprint density at radius 3 is 2.79 bits per heavy atom. The van der Waals surface area contributed by atoms with Gasteiger partial charge in [0.2, 0.25) is 0 Å². The average Bonchev–Trinajstić information content (AvgIpc) is 2.74. The Morgan fingerprint density at radius 1 is 1.47 bits per heavy atom. The Kier molecular flexibility index (Phi) is 3.73. The topological polar surface area (TPSA) is 60.0 Å². The number of hydroxylamine groups is 2. The highest BCUT2D eigenvalue weighted by molar-refractivity contribution is 6.18. The zero-order valence-electron chi connectivity index (χ0n) is 10.9. The second kappa shape index (κ2) is 5.14. The number of fused-ring (bicyclic) bond motifs is 1. The van der Waals surface area contributed by atoms with Crippen LogP contribution in [-0.4, -0.2) is 36.9 Å². The molecule has 1 unspecified atom stereocenters. The molecule has 1 aromatic rings. The van der Waals surface area contributed by atoms with Crippen molar-refractivity contribution >= 4 is 23.3 Å². The summed E-state index contributed by atoms with van der Waals surface area (Å²) in [6.07, 6.45) is 0. The number of anilines is 1. The van der Waals surface area contributed by atoms with E-state index in [1.807, 2.05) is 0 Å². The number of amides is 2. The van der Waals surface area contributed by atoms with Crippen molar-refractivity contribution < 1.29 is 19.1 Å². The molecule has 1 aromatic carbocycles. The minimum Gasteiger partial charge on any atom is -0.447 e. The van der Waals surface area contributed by atoms with Crippen molar-refractivity contribution in [3.05, 3.63) is 18.2 Å². The third-order valence-electron chi connectivity index (χ3n) is 2.65. The van der Waals surface area contributed by atoms with Gasteiger partial charge < -0.3 is 14.8 Å². The molecule has 0 saturated carbocycles. The molecule has 0 aromatic heterocycles. The first-order valence-corrected chi connectivity index (χ1v) is 6.18. The van der Waals surface area contributed by atoms with Crippen molar-refractivity contribution in [3.8, 4) is 11.5 Å². The van der Waals surface area contributed by atoms with E-state index in [9.17, 15) is 4.79 Å². The molecular formula is C12H15ClN2O4. The van der Waals surface area contributed by atoms with Gasteiger partial charge in [0.05, 0.1) is 13.0 Å². The normalized spacial score (nSPS) is 20.2. The number of nitrogens with zero attached hydrogens (tertiary/aromatic N) is 1. The number of alkyl halides is 1. The van der Waals surface area contributed by atoms with Crippen molar-refractivity contribution in [1.29, 1.82) is 0 Å². The molecular weight excluding hydrogens is 272 g/mol. The van der Waals surface area contributed by atoms with Crippen molar-refractivity contribution in [3.63, 3.8) is 0 Å². The Labute approximate surface area is 116 Å². The van der Waals surface area contributed by atoms with Gasteiger partial charge in [-0.1, -0.05) is 0 Å². The first-order chi connectivity index (χ1) is 8.97. The molecule has 0 spiro atoms. The molecule has 1 aliphatic heterocycles. The second-order valence-electron chi connectivity index (χ2n) is 4.24. The van der Waals surface area contributed by atoms with Crippen LogP contribution >= 0.6 is 11.6 Å². The quantitative estimate of drug-likeness (QED) is 0.685. The molecule has 0 aliphatic carbocycles. The summed E-state index contributed by atoms with van der Waals surface area (Å²) in [5, 5.41) is 3.74. The number of halogens is 1. The van der Waals surface area contributed by atoms with Crippen molar-refractivity contribution in [2.24, 2.45) is 0 Å². The number of benzene rings is 1. The summed E-state index contributed by atoms with van der Waals surface area (Å²) in [5.74, 6) is 0.480. The van der Waals surface area contributed by atoms with Crippen molar-refractivity contribution in [2.75, 3.05) is 25.4 Å². The van der Waals surface area contributed by atoms with E-state index in [0.717, 1.165) is 5.06 Å². The first kappa shape index (κ1) is 13.8. The molecule has 19 heavy (non-hydrogen) atoms. The summed E-state index contributed by atoms with van der Waals surface area (Å²) in [6.45, 7) is 1.75. The predicted molar refractivity (Wildman–Crippen MR) is 70.6 cm³/mol. The fraction of sp³-hybridized carbons (Fsp3) is 0.417. The van der Waals surface area contributed by atoms with Crippen molar-refractivity contribution in [2.45, 2.75) is 12.7 Å². The highest BCUT2D eigenvalue weighted by atomic mass is 35.5. The van der Waals surface area contributed by atoms with E-state index in [2.05, 4.69) is 5.32 Å². The van der Waals surface area contributed by atoms with Crippen LogP contribution in [0.5, 0.6) is 11.5 Å². The maximum absolute atomic E-state index is 11.6. The molecule has 2 amide bonds. The second-order valence-corrected chi connectivity index (χ2v) is 4.51. The smallest absolute Gasteiger partial charge is 0.345 e. The number of hydrogen-bond acceptors (Lipinski definition) is 4. The van der Waals surface area contributed by atoms with Crippen LogP contribution in [0.15, 0.2) is 18.2 Å². The van der Waals surface area contributed by atoms with Gasteiger partial charge in [0, 0.05) is 25.7 Å². The zero-order chi connectivity index (χ0) is 14.0. The molecule has 0 fully saturated rings. The van der Waals surface area contributed by atoms with Crippen LogP contribution in [0.3, 0.4) is 0 Å². The third kappa shape index (κ3) is 2.85. The van der Waals surface area contributed by atoms with Gasteiger partial charge in [-0.15, -0.1) is 11.6 Å².